The maximum atomic E-state index is 11.6. The number of halogens is 4. The van der Waals surface area contributed by atoms with Gasteiger partial charge in [0.25, 0.3) is 6.43 Å². The van der Waals surface area contributed by atoms with Crippen molar-refractivity contribution in [1.82, 2.24) is 0 Å². The van der Waals surface area contributed by atoms with Crippen LogP contribution in [0.15, 0.2) is 28.1 Å². The Morgan fingerprint density at radius 1 is 1.23 bits per heavy atom. The fourth-order valence-electron chi connectivity index (χ4n) is 1.01. The topological polar surface area (TPSA) is 43.4 Å². The molecule has 0 saturated carbocycles. The Bertz CT molecular complexity index is 578. The van der Waals surface area contributed by atoms with Crippen molar-refractivity contribution >= 4 is 51.2 Å². The van der Waals surface area contributed by atoms with E-state index >= 15 is 0 Å². The van der Waals surface area contributed by atoms with Crippen molar-refractivity contribution in [3.8, 4) is 5.06 Å². The first-order valence-electron chi connectivity index (χ1n) is 6.19. The normalized spacial score (nSPS) is 9.77. The van der Waals surface area contributed by atoms with Crippen LogP contribution in [-0.4, -0.2) is 32.8 Å². The molecular formula is C13H12BrF3O3S2. The highest BCUT2D eigenvalue weighted by atomic mass is 79.9. The van der Waals surface area contributed by atoms with E-state index in [-0.39, 0.29) is 0 Å². The number of rotatable bonds is 5. The summed E-state index contributed by atoms with van der Waals surface area (Å²) in [6, 6.07) is 6.66. The summed E-state index contributed by atoms with van der Waals surface area (Å²) in [6.07, 6.45) is -0.984. The zero-order valence-corrected chi connectivity index (χ0v) is 14.2. The summed E-state index contributed by atoms with van der Waals surface area (Å²) in [7, 11) is -1.00. The Hall–Kier alpha value is -1.19. The molecular weight excluding hydrogens is 405 g/mol. The Morgan fingerprint density at radius 2 is 1.77 bits per heavy atom. The minimum absolute atomic E-state index is 0.345. The highest BCUT2D eigenvalue weighted by molar-refractivity contribution is 9.11. The van der Waals surface area contributed by atoms with E-state index in [1.807, 2.05) is 6.07 Å². The molecule has 2 aromatic heterocycles. The van der Waals surface area contributed by atoms with Crippen LogP contribution in [0.25, 0.3) is 0 Å². The van der Waals surface area contributed by atoms with E-state index in [1.54, 1.807) is 6.07 Å². The number of carbonyl (C=O) groups excluding carboxylic acids is 2. The van der Waals surface area contributed by atoms with E-state index in [4.69, 9.17) is 1.37 Å². The molecule has 0 aliphatic carbocycles. The highest BCUT2D eigenvalue weighted by Gasteiger charge is 2.05. The molecule has 3 nitrogen and oxygen atoms in total. The molecule has 9 heteroatoms. The molecule has 0 unspecified atom stereocenters. The Kier molecular flexibility index (Phi) is 10.6. The van der Waals surface area contributed by atoms with Crippen LogP contribution in [0.4, 0.5) is 13.2 Å². The van der Waals surface area contributed by atoms with Gasteiger partial charge in [0.2, 0.25) is 0 Å². The molecule has 2 rings (SSSR count). The molecule has 2 aromatic rings. The summed E-state index contributed by atoms with van der Waals surface area (Å²) in [4.78, 5) is 21.4. The number of carbonyl (C=O) groups is 2. The molecule has 122 valence electrons. The summed E-state index contributed by atoms with van der Waals surface area (Å²) in [5, 5.41) is 0.345. The first-order chi connectivity index (χ1) is 11.0. The van der Waals surface area contributed by atoms with Gasteiger partial charge in [-0.2, -0.15) is 0 Å². The summed E-state index contributed by atoms with van der Waals surface area (Å²) in [5.41, 5.74) is 0. The zero-order valence-electron chi connectivity index (χ0n) is 12.0. The molecule has 0 aliphatic heterocycles. The van der Waals surface area contributed by atoms with Crippen LogP contribution in [-0.2, 0) is 0 Å². The Balaban J connectivity index is 0.000000379. The van der Waals surface area contributed by atoms with Crippen molar-refractivity contribution in [2.24, 2.45) is 0 Å². The number of hydrogen-bond donors (Lipinski definition) is 0. The number of alkyl halides is 3. The smallest absolute Gasteiger partial charge is 0.272 e. The zero-order chi connectivity index (χ0) is 17.7. The predicted molar refractivity (Wildman–Crippen MR) is 85.6 cm³/mol. The standard InChI is InChI=1S/C7H6F2O2S.C5H3BrOS.CH3F/c8-6(9)4-11-7-2-1-5(3-10)12-7;6-5-2-1-4(3-7)8-5;1-2/h1-3,6H,4H2;1-3H;1H3/i;;1D. The van der Waals surface area contributed by atoms with Gasteiger partial charge in [-0.15, -0.1) is 11.3 Å². The second-order valence-electron chi connectivity index (χ2n) is 3.24. The first-order valence-corrected chi connectivity index (χ1v) is 7.91. The first kappa shape index (κ1) is 18.9. The third kappa shape index (κ3) is 8.96. The minimum atomic E-state index is -2.48. The fraction of sp³-hybridized carbons (Fsp3) is 0.231. The van der Waals surface area contributed by atoms with Crippen molar-refractivity contribution in [3.05, 3.63) is 37.8 Å². The van der Waals surface area contributed by atoms with Crippen LogP contribution < -0.4 is 4.74 Å². The number of aldehydes is 2. The molecule has 22 heavy (non-hydrogen) atoms. The van der Waals surface area contributed by atoms with Crippen molar-refractivity contribution in [2.45, 2.75) is 6.43 Å². The van der Waals surface area contributed by atoms with Crippen LogP contribution >= 0.6 is 38.6 Å². The van der Waals surface area contributed by atoms with Gasteiger partial charge >= 0.3 is 0 Å². The lowest BCUT2D eigenvalue weighted by Crippen LogP contribution is -2.05. The van der Waals surface area contributed by atoms with Gasteiger partial charge in [-0.3, -0.25) is 14.0 Å². The van der Waals surface area contributed by atoms with Gasteiger partial charge in [-0.25, -0.2) is 8.78 Å². The van der Waals surface area contributed by atoms with Crippen molar-refractivity contribution in [3.63, 3.8) is 0 Å². The maximum Gasteiger partial charge on any atom is 0.272 e. The summed E-state index contributed by atoms with van der Waals surface area (Å²) < 4.78 is 44.4. The summed E-state index contributed by atoms with van der Waals surface area (Å²) in [5.74, 6) is 0. The Morgan fingerprint density at radius 3 is 2.14 bits per heavy atom. The van der Waals surface area contributed by atoms with Gasteiger partial charge < -0.3 is 4.74 Å². The van der Waals surface area contributed by atoms with Crippen LogP contribution in [0.1, 0.15) is 20.7 Å². The summed E-state index contributed by atoms with van der Waals surface area (Å²) >= 11 is 5.72. The molecule has 0 radical (unpaired) electrons. The number of hydrogen-bond acceptors (Lipinski definition) is 5. The van der Waals surface area contributed by atoms with E-state index in [2.05, 4.69) is 20.7 Å². The lowest BCUT2D eigenvalue weighted by atomic mass is 10.5. The van der Waals surface area contributed by atoms with E-state index in [0.717, 1.165) is 26.3 Å². The molecule has 0 spiro atoms. The van der Waals surface area contributed by atoms with E-state index in [9.17, 15) is 22.8 Å². The Labute approximate surface area is 143 Å². The van der Waals surface area contributed by atoms with E-state index in [0.29, 0.717) is 16.2 Å². The molecule has 0 atom stereocenters. The second kappa shape index (κ2) is 12.4. The van der Waals surface area contributed by atoms with Gasteiger partial charge in [-0.05, 0) is 40.2 Å². The van der Waals surface area contributed by atoms with Gasteiger partial charge in [0.15, 0.2) is 17.6 Å². The highest BCUT2D eigenvalue weighted by Crippen LogP contribution is 2.23. The molecule has 0 N–H and O–H groups in total. The summed E-state index contributed by atoms with van der Waals surface area (Å²) in [6.45, 7) is -0.626. The molecule has 0 saturated heterocycles. The number of ether oxygens (including phenoxy) is 1. The van der Waals surface area contributed by atoms with Crippen LogP contribution in [0.5, 0.6) is 5.06 Å². The van der Waals surface area contributed by atoms with Crippen LogP contribution in [0.2, 0.25) is 0 Å². The average molecular weight is 418 g/mol. The average Bonchev–Trinajstić information content (AvgIpc) is 3.15. The van der Waals surface area contributed by atoms with Crippen molar-refractivity contribution in [1.29, 1.82) is 0 Å². The predicted octanol–water partition coefficient (Wildman–Crippen LogP) is 5.11. The third-order valence-corrected chi connectivity index (χ3v) is 4.25. The lowest BCUT2D eigenvalue weighted by Gasteiger charge is -1.99. The molecule has 0 fully saturated rings. The van der Waals surface area contributed by atoms with Crippen molar-refractivity contribution < 1.29 is 28.9 Å². The molecule has 0 aromatic carbocycles. The maximum absolute atomic E-state index is 11.6. The van der Waals surface area contributed by atoms with Crippen molar-refractivity contribution in [2.75, 3.05) is 13.8 Å². The fourth-order valence-corrected chi connectivity index (χ4v) is 2.93. The van der Waals surface area contributed by atoms with Crippen LogP contribution in [0, 0.1) is 0 Å². The SMILES string of the molecule is O=Cc1ccc(Br)s1.O=Cc1ccc(OCC(F)F)s1.[2H]CF. The lowest BCUT2D eigenvalue weighted by molar-refractivity contribution is 0.0838. The van der Waals surface area contributed by atoms with Gasteiger partial charge in [0.05, 0.1) is 22.1 Å². The van der Waals surface area contributed by atoms with E-state index in [1.165, 1.54) is 23.5 Å². The van der Waals surface area contributed by atoms with Gasteiger partial charge in [-0.1, -0.05) is 11.3 Å². The minimum Gasteiger partial charge on any atom is -0.478 e. The van der Waals surface area contributed by atoms with Crippen LogP contribution in [0.3, 0.4) is 0 Å². The van der Waals surface area contributed by atoms with Gasteiger partial charge in [0.1, 0.15) is 6.61 Å². The molecule has 0 aliphatic rings. The molecule has 0 bridgehead atoms. The quantitative estimate of drug-likeness (QED) is 0.634. The molecule has 2 heterocycles. The second-order valence-corrected chi connectivity index (χ2v) is 6.81. The number of thiophene rings is 2. The third-order valence-electron chi connectivity index (χ3n) is 1.78. The van der Waals surface area contributed by atoms with E-state index < -0.39 is 20.2 Å². The monoisotopic (exact) mass is 417 g/mol. The molecule has 0 amide bonds. The van der Waals surface area contributed by atoms with Gasteiger partial charge in [0, 0.05) is 0 Å². The largest absolute Gasteiger partial charge is 0.478 e.